The van der Waals surface area contributed by atoms with Crippen molar-refractivity contribution in [3.63, 3.8) is 0 Å². The molecule has 1 aliphatic rings. The summed E-state index contributed by atoms with van der Waals surface area (Å²) in [6.45, 7) is 0.370. The molecule has 1 saturated carbocycles. The smallest absolute Gasteiger partial charge is 0.255 e. The normalized spacial score (nSPS) is 12.9. The van der Waals surface area contributed by atoms with Crippen LogP contribution in [-0.4, -0.2) is 29.1 Å². The Morgan fingerprint density at radius 3 is 2.69 bits per heavy atom. The Hall–Kier alpha value is -2.83. The second-order valence-corrected chi connectivity index (χ2v) is 7.13. The Labute approximate surface area is 157 Å². The van der Waals surface area contributed by atoms with Gasteiger partial charge in [0, 0.05) is 25.2 Å². The molecule has 1 aliphatic carbocycles. The lowest BCUT2D eigenvalue weighted by atomic mass is 10.1. The Morgan fingerprint density at radius 1 is 1.31 bits per heavy atom. The van der Waals surface area contributed by atoms with Crippen molar-refractivity contribution in [2.24, 2.45) is 0 Å². The highest BCUT2D eigenvalue weighted by molar-refractivity contribution is 7.98. The molecule has 1 aromatic carbocycles. The monoisotopic (exact) mass is 362 g/mol. The molecule has 0 bridgehead atoms. The van der Waals surface area contributed by atoms with E-state index in [1.54, 1.807) is 36.2 Å². The first-order valence-corrected chi connectivity index (χ1v) is 9.53. The standard InChI is InChI=1S/C20H18N4OS/c1-24(12-14-5-3-4-13(8-14)10-21)20(25)16-9-18(15-6-7-15)23-19(26-2)17(16)11-22/h3-5,8-9,15H,6-7,12H2,1-2H3. The quantitative estimate of drug-likeness (QED) is 0.758. The molecule has 2 aromatic rings. The highest BCUT2D eigenvalue weighted by Gasteiger charge is 2.29. The lowest BCUT2D eigenvalue weighted by Crippen LogP contribution is -2.27. The van der Waals surface area contributed by atoms with E-state index in [-0.39, 0.29) is 5.91 Å². The number of carbonyl (C=O) groups excluding carboxylic acids is 1. The summed E-state index contributed by atoms with van der Waals surface area (Å²) in [4.78, 5) is 19.2. The number of carbonyl (C=O) groups is 1. The minimum atomic E-state index is -0.205. The fourth-order valence-electron chi connectivity index (χ4n) is 2.84. The van der Waals surface area contributed by atoms with Gasteiger partial charge in [-0.2, -0.15) is 10.5 Å². The van der Waals surface area contributed by atoms with Gasteiger partial charge in [0.1, 0.15) is 11.1 Å². The largest absolute Gasteiger partial charge is 0.337 e. The number of aromatic nitrogens is 1. The molecule has 1 heterocycles. The van der Waals surface area contributed by atoms with Crippen LogP contribution < -0.4 is 0 Å². The van der Waals surface area contributed by atoms with Gasteiger partial charge in [-0.05, 0) is 42.9 Å². The fraction of sp³-hybridized carbons (Fsp3) is 0.300. The maximum Gasteiger partial charge on any atom is 0.255 e. The van der Waals surface area contributed by atoms with Crippen LogP contribution in [0.4, 0.5) is 0 Å². The molecular formula is C20H18N4OS. The van der Waals surface area contributed by atoms with Crippen LogP contribution in [0.1, 0.15) is 51.5 Å². The second-order valence-electron chi connectivity index (χ2n) is 6.34. The van der Waals surface area contributed by atoms with Crippen LogP contribution in [0.15, 0.2) is 35.4 Å². The van der Waals surface area contributed by atoms with Gasteiger partial charge in [0.2, 0.25) is 0 Å². The molecular weight excluding hydrogens is 344 g/mol. The number of benzene rings is 1. The Morgan fingerprint density at radius 2 is 2.08 bits per heavy atom. The predicted octanol–water partition coefficient (Wildman–Crippen LogP) is 3.70. The van der Waals surface area contributed by atoms with Crippen LogP contribution >= 0.6 is 11.8 Å². The molecule has 0 unspecified atom stereocenters. The molecule has 6 heteroatoms. The fourth-order valence-corrected chi connectivity index (χ4v) is 3.40. The molecule has 3 rings (SSSR count). The molecule has 1 aromatic heterocycles. The first kappa shape index (κ1) is 18.0. The Balaban J connectivity index is 1.91. The maximum atomic E-state index is 13.0. The SMILES string of the molecule is CSc1nc(C2CC2)cc(C(=O)N(C)Cc2cccc(C#N)c2)c1C#N. The molecule has 0 N–H and O–H groups in total. The molecule has 0 aliphatic heterocycles. The van der Waals surface area contributed by atoms with Crippen molar-refractivity contribution in [1.82, 2.24) is 9.88 Å². The van der Waals surface area contributed by atoms with Crippen molar-refractivity contribution in [2.45, 2.75) is 30.3 Å². The van der Waals surface area contributed by atoms with Crippen LogP contribution in [0.5, 0.6) is 0 Å². The van der Waals surface area contributed by atoms with Gasteiger partial charge in [-0.15, -0.1) is 11.8 Å². The summed E-state index contributed by atoms with van der Waals surface area (Å²) in [5, 5.41) is 19.2. The summed E-state index contributed by atoms with van der Waals surface area (Å²) in [5.74, 6) is 0.196. The van der Waals surface area contributed by atoms with E-state index in [0.717, 1.165) is 24.1 Å². The van der Waals surface area contributed by atoms with E-state index in [9.17, 15) is 10.1 Å². The minimum absolute atomic E-state index is 0.205. The molecule has 0 atom stereocenters. The number of amides is 1. The van der Waals surface area contributed by atoms with E-state index >= 15 is 0 Å². The van der Waals surface area contributed by atoms with E-state index in [0.29, 0.717) is 34.2 Å². The summed E-state index contributed by atoms with van der Waals surface area (Å²) < 4.78 is 0. The number of thioether (sulfide) groups is 1. The first-order chi connectivity index (χ1) is 12.6. The summed E-state index contributed by atoms with van der Waals surface area (Å²) in [6.07, 6.45) is 4.03. The van der Waals surface area contributed by atoms with Crippen LogP contribution in [0, 0.1) is 22.7 Å². The summed E-state index contributed by atoms with van der Waals surface area (Å²) in [7, 11) is 1.71. The zero-order valence-electron chi connectivity index (χ0n) is 14.7. The lowest BCUT2D eigenvalue weighted by Gasteiger charge is -2.19. The van der Waals surface area contributed by atoms with Crippen LogP contribution in [0.3, 0.4) is 0 Å². The molecule has 1 fully saturated rings. The van der Waals surface area contributed by atoms with Crippen molar-refractivity contribution < 1.29 is 4.79 Å². The molecule has 0 saturated heterocycles. The molecule has 0 radical (unpaired) electrons. The van der Waals surface area contributed by atoms with Crippen molar-refractivity contribution in [2.75, 3.05) is 13.3 Å². The van der Waals surface area contributed by atoms with Crippen molar-refractivity contribution >= 4 is 17.7 Å². The third-order valence-electron chi connectivity index (χ3n) is 4.36. The summed E-state index contributed by atoms with van der Waals surface area (Å²) in [6, 6.07) is 13.2. The molecule has 26 heavy (non-hydrogen) atoms. The highest BCUT2D eigenvalue weighted by Crippen LogP contribution is 2.40. The number of hydrogen-bond donors (Lipinski definition) is 0. The van der Waals surface area contributed by atoms with Crippen LogP contribution in [0.2, 0.25) is 0 Å². The second kappa shape index (κ2) is 7.59. The average molecular weight is 362 g/mol. The van der Waals surface area contributed by atoms with Gasteiger partial charge >= 0.3 is 0 Å². The van der Waals surface area contributed by atoms with Crippen molar-refractivity contribution in [3.8, 4) is 12.1 Å². The number of nitrogens with zero attached hydrogens (tertiary/aromatic N) is 4. The zero-order valence-corrected chi connectivity index (χ0v) is 15.5. The number of pyridine rings is 1. The number of hydrogen-bond acceptors (Lipinski definition) is 5. The van der Waals surface area contributed by atoms with Crippen LogP contribution in [-0.2, 0) is 6.54 Å². The average Bonchev–Trinajstić information content (AvgIpc) is 3.51. The van der Waals surface area contributed by atoms with Gasteiger partial charge in [-0.1, -0.05) is 12.1 Å². The van der Waals surface area contributed by atoms with Crippen molar-refractivity contribution in [1.29, 1.82) is 10.5 Å². The minimum Gasteiger partial charge on any atom is -0.337 e. The van der Waals surface area contributed by atoms with E-state index in [2.05, 4.69) is 17.1 Å². The summed E-state index contributed by atoms with van der Waals surface area (Å²) in [5.41, 5.74) is 3.08. The highest BCUT2D eigenvalue weighted by atomic mass is 32.2. The van der Waals surface area contributed by atoms with Gasteiger partial charge in [0.15, 0.2) is 0 Å². The van der Waals surface area contributed by atoms with Crippen LogP contribution in [0.25, 0.3) is 0 Å². The van der Waals surface area contributed by atoms with Gasteiger partial charge in [-0.25, -0.2) is 4.98 Å². The molecule has 0 spiro atoms. The van der Waals surface area contributed by atoms with Gasteiger partial charge in [0.25, 0.3) is 5.91 Å². The van der Waals surface area contributed by atoms with E-state index in [1.165, 1.54) is 11.8 Å². The van der Waals surface area contributed by atoms with E-state index < -0.39 is 0 Å². The lowest BCUT2D eigenvalue weighted by molar-refractivity contribution is 0.0784. The van der Waals surface area contributed by atoms with E-state index in [1.807, 2.05) is 12.3 Å². The topological polar surface area (TPSA) is 80.8 Å². The summed E-state index contributed by atoms with van der Waals surface area (Å²) >= 11 is 1.39. The Bertz CT molecular complexity index is 938. The molecule has 130 valence electrons. The Kier molecular flexibility index (Phi) is 5.25. The van der Waals surface area contributed by atoms with Gasteiger partial charge < -0.3 is 4.90 Å². The van der Waals surface area contributed by atoms with Gasteiger partial charge in [-0.3, -0.25) is 4.79 Å². The van der Waals surface area contributed by atoms with Gasteiger partial charge in [0.05, 0.1) is 22.8 Å². The third-order valence-corrected chi connectivity index (χ3v) is 5.04. The number of nitriles is 2. The maximum absolute atomic E-state index is 13.0. The zero-order chi connectivity index (χ0) is 18.7. The number of rotatable bonds is 5. The molecule has 1 amide bonds. The third kappa shape index (κ3) is 3.71. The van der Waals surface area contributed by atoms with Crippen molar-refractivity contribution in [3.05, 3.63) is 58.3 Å². The first-order valence-electron chi connectivity index (χ1n) is 8.31. The van der Waals surface area contributed by atoms with E-state index in [4.69, 9.17) is 5.26 Å². The molecule has 5 nitrogen and oxygen atoms in total. The predicted molar refractivity (Wildman–Crippen MR) is 99.7 cm³/mol.